The lowest BCUT2D eigenvalue weighted by Crippen LogP contribution is -2.49. The fourth-order valence-corrected chi connectivity index (χ4v) is 4.45. The summed E-state index contributed by atoms with van der Waals surface area (Å²) in [5, 5.41) is 38.1. The van der Waals surface area contributed by atoms with Gasteiger partial charge < -0.3 is 5.41 Å². The molecule has 0 heterocycles. The van der Waals surface area contributed by atoms with Crippen LogP contribution in [0.5, 0.6) is 0 Å². The van der Waals surface area contributed by atoms with Gasteiger partial charge in [0.15, 0.2) is 5.41 Å². The molecule has 0 aromatic heterocycles. The number of allylic oxidation sites excluding steroid dienone is 2. The summed E-state index contributed by atoms with van der Waals surface area (Å²) >= 11 is 0. The predicted octanol–water partition coefficient (Wildman–Crippen LogP) is 4.32. The van der Waals surface area contributed by atoms with Crippen LogP contribution in [0.15, 0.2) is 29.8 Å². The van der Waals surface area contributed by atoms with Crippen molar-refractivity contribution >= 4 is 5.71 Å². The summed E-state index contributed by atoms with van der Waals surface area (Å²) in [5.74, 6) is -1.19. The third-order valence-electron chi connectivity index (χ3n) is 5.69. The molecular weight excluding hydrogens is 308 g/mol. The highest BCUT2D eigenvalue weighted by Crippen LogP contribution is 2.55. The van der Waals surface area contributed by atoms with Crippen LogP contribution in [0.2, 0.25) is 0 Å². The van der Waals surface area contributed by atoms with Gasteiger partial charge in [-0.3, -0.25) is 0 Å². The van der Waals surface area contributed by atoms with E-state index in [1.807, 2.05) is 32.0 Å². The van der Waals surface area contributed by atoms with Crippen molar-refractivity contribution in [2.75, 3.05) is 0 Å². The highest BCUT2D eigenvalue weighted by molar-refractivity contribution is 6.00. The third-order valence-corrected chi connectivity index (χ3v) is 5.69. The number of hydrogen-bond acceptors (Lipinski definition) is 4. The molecule has 1 saturated carbocycles. The van der Waals surface area contributed by atoms with Crippen molar-refractivity contribution in [3.8, 4) is 18.2 Å². The van der Waals surface area contributed by atoms with Crippen LogP contribution in [-0.2, 0) is 0 Å². The first-order chi connectivity index (χ1) is 12.0. The second-order valence-corrected chi connectivity index (χ2v) is 7.09. The van der Waals surface area contributed by atoms with Gasteiger partial charge in [0.2, 0.25) is 0 Å². The van der Waals surface area contributed by atoms with Crippen molar-refractivity contribution in [3.05, 3.63) is 46.5 Å². The van der Waals surface area contributed by atoms with Crippen LogP contribution in [0, 0.1) is 70.5 Å². The topological polar surface area (TPSA) is 95.2 Å². The molecule has 3 atom stereocenters. The van der Waals surface area contributed by atoms with Gasteiger partial charge in [0.1, 0.15) is 5.92 Å². The van der Waals surface area contributed by atoms with Crippen molar-refractivity contribution in [2.24, 2.45) is 17.3 Å². The van der Waals surface area contributed by atoms with Gasteiger partial charge in [0.05, 0.1) is 23.9 Å². The molecule has 4 heteroatoms. The molecule has 2 aliphatic carbocycles. The highest BCUT2D eigenvalue weighted by Gasteiger charge is 2.57. The standard InChI is InChI=1S/C21H20N4/c1-13-7-8-14(2)17(9-13)19-16-6-4-3-5-15(16)18(10-22)20(25)21(19,11-23)12-24/h5,7-9,16,18-19,25H,3-4,6H2,1-2H3/t16-,18-,19+/m1/s1. The SMILES string of the molecule is Cc1ccc(C)c([C@@H]2[C@@H]3CCCC=C3[C@@H](C#N)C(=N)C2(C#N)C#N)c1. The third kappa shape index (κ3) is 2.36. The van der Waals surface area contributed by atoms with E-state index < -0.39 is 17.3 Å². The first-order valence-electron chi connectivity index (χ1n) is 8.58. The van der Waals surface area contributed by atoms with E-state index in [-0.39, 0.29) is 11.6 Å². The molecule has 124 valence electrons. The highest BCUT2D eigenvalue weighted by atomic mass is 14.6. The Morgan fingerprint density at radius 3 is 2.52 bits per heavy atom. The molecule has 1 fully saturated rings. The Kier molecular flexibility index (Phi) is 4.20. The predicted molar refractivity (Wildman–Crippen MR) is 94.6 cm³/mol. The number of rotatable bonds is 1. The zero-order chi connectivity index (χ0) is 18.2. The average molecular weight is 328 g/mol. The Labute approximate surface area is 148 Å². The molecule has 3 rings (SSSR count). The molecule has 0 spiro atoms. The summed E-state index contributed by atoms with van der Waals surface area (Å²) in [7, 11) is 0. The molecule has 0 bridgehead atoms. The van der Waals surface area contributed by atoms with Crippen LogP contribution < -0.4 is 0 Å². The second kappa shape index (κ2) is 6.19. The fourth-order valence-electron chi connectivity index (χ4n) is 4.45. The lowest BCUT2D eigenvalue weighted by atomic mass is 9.53. The van der Waals surface area contributed by atoms with Gasteiger partial charge in [-0.2, -0.15) is 15.8 Å². The van der Waals surface area contributed by atoms with E-state index in [9.17, 15) is 15.8 Å². The molecule has 1 N–H and O–H groups in total. The lowest BCUT2D eigenvalue weighted by Gasteiger charge is -2.46. The van der Waals surface area contributed by atoms with Crippen LogP contribution in [0.25, 0.3) is 0 Å². The van der Waals surface area contributed by atoms with Crippen molar-refractivity contribution in [2.45, 2.75) is 39.0 Å². The number of fused-ring (bicyclic) bond motifs is 1. The molecule has 0 saturated heterocycles. The van der Waals surface area contributed by atoms with Crippen LogP contribution in [0.4, 0.5) is 0 Å². The average Bonchev–Trinajstić information content (AvgIpc) is 2.63. The molecule has 1 aromatic rings. The summed E-state index contributed by atoms with van der Waals surface area (Å²) in [5.41, 5.74) is 2.35. The van der Waals surface area contributed by atoms with Gasteiger partial charge in [0.25, 0.3) is 0 Å². The summed E-state index contributed by atoms with van der Waals surface area (Å²) in [6.45, 7) is 3.98. The summed E-state index contributed by atoms with van der Waals surface area (Å²) in [6, 6.07) is 12.5. The zero-order valence-corrected chi connectivity index (χ0v) is 14.5. The Morgan fingerprint density at radius 1 is 1.16 bits per heavy atom. The molecule has 2 aliphatic rings. The van der Waals surface area contributed by atoms with E-state index >= 15 is 0 Å². The van der Waals surface area contributed by atoms with Gasteiger partial charge in [-0.25, -0.2) is 0 Å². The van der Waals surface area contributed by atoms with Crippen LogP contribution >= 0.6 is 0 Å². The van der Waals surface area contributed by atoms with Crippen molar-refractivity contribution in [1.82, 2.24) is 0 Å². The van der Waals surface area contributed by atoms with Gasteiger partial charge in [-0.05, 0) is 55.7 Å². The molecule has 0 aliphatic heterocycles. The van der Waals surface area contributed by atoms with E-state index in [0.717, 1.165) is 41.5 Å². The monoisotopic (exact) mass is 328 g/mol. The molecule has 0 unspecified atom stereocenters. The molecule has 0 radical (unpaired) electrons. The minimum Gasteiger partial charge on any atom is -0.305 e. The van der Waals surface area contributed by atoms with Crippen molar-refractivity contribution in [1.29, 1.82) is 21.2 Å². The first-order valence-corrected chi connectivity index (χ1v) is 8.58. The Morgan fingerprint density at radius 2 is 1.88 bits per heavy atom. The van der Waals surface area contributed by atoms with E-state index in [0.29, 0.717) is 0 Å². The quantitative estimate of drug-likeness (QED) is 0.777. The number of benzene rings is 1. The number of nitrogens with one attached hydrogen (secondary N) is 1. The Bertz CT molecular complexity index is 874. The maximum atomic E-state index is 9.97. The smallest absolute Gasteiger partial charge is 0.189 e. The van der Waals surface area contributed by atoms with Crippen LogP contribution in [0.3, 0.4) is 0 Å². The second-order valence-electron chi connectivity index (χ2n) is 7.09. The number of aryl methyl sites for hydroxylation is 2. The van der Waals surface area contributed by atoms with Crippen LogP contribution in [-0.4, -0.2) is 5.71 Å². The Hall–Kier alpha value is -2.90. The molecule has 25 heavy (non-hydrogen) atoms. The number of hydrogen-bond donors (Lipinski definition) is 1. The maximum absolute atomic E-state index is 9.97. The molecule has 4 nitrogen and oxygen atoms in total. The zero-order valence-electron chi connectivity index (χ0n) is 14.5. The molecule has 0 amide bonds. The summed E-state index contributed by atoms with van der Waals surface area (Å²) < 4.78 is 0. The minimum atomic E-state index is -1.59. The molecular formula is C21H20N4. The first kappa shape index (κ1) is 16.9. The fraction of sp³-hybridized carbons (Fsp3) is 0.429. The van der Waals surface area contributed by atoms with E-state index in [1.54, 1.807) is 0 Å². The van der Waals surface area contributed by atoms with Gasteiger partial charge in [-0.15, -0.1) is 0 Å². The molecule has 1 aromatic carbocycles. The van der Waals surface area contributed by atoms with Gasteiger partial charge in [0, 0.05) is 5.92 Å². The summed E-state index contributed by atoms with van der Waals surface area (Å²) in [6.07, 6.45) is 4.78. The van der Waals surface area contributed by atoms with Crippen molar-refractivity contribution in [3.63, 3.8) is 0 Å². The van der Waals surface area contributed by atoms with E-state index in [4.69, 9.17) is 5.41 Å². The van der Waals surface area contributed by atoms with Gasteiger partial charge >= 0.3 is 0 Å². The normalized spacial score (nSPS) is 27.2. The van der Waals surface area contributed by atoms with Gasteiger partial charge in [-0.1, -0.05) is 29.8 Å². The Balaban J connectivity index is 2.31. The van der Waals surface area contributed by atoms with E-state index in [2.05, 4.69) is 24.3 Å². The van der Waals surface area contributed by atoms with Crippen LogP contribution in [0.1, 0.15) is 41.9 Å². The van der Waals surface area contributed by atoms with E-state index in [1.165, 1.54) is 0 Å². The number of nitrogens with zero attached hydrogens (tertiary/aromatic N) is 3. The number of nitriles is 3. The minimum absolute atomic E-state index is 0.0349. The maximum Gasteiger partial charge on any atom is 0.189 e. The van der Waals surface area contributed by atoms with Crippen molar-refractivity contribution < 1.29 is 0 Å². The largest absolute Gasteiger partial charge is 0.305 e. The lowest BCUT2D eigenvalue weighted by molar-refractivity contribution is 0.319. The summed E-state index contributed by atoms with van der Waals surface area (Å²) in [4.78, 5) is 0.